The van der Waals surface area contributed by atoms with Crippen molar-refractivity contribution in [3.8, 4) is 11.5 Å². The van der Waals surface area contributed by atoms with Crippen molar-refractivity contribution < 1.29 is 22.6 Å². The van der Waals surface area contributed by atoms with Crippen LogP contribution in [0.4, 0.5) is 5.69 Å². The van der Waals surface area contributed by atoms with E-state index in [1.807, 2.05) is 32.9 Å². The van der Waals surface area contributed by atoms with Gasteiger partial charge in [-0.1, -0.05) is 35.6 Å². The number of rotatable bonds is 7. The van der Waals surface area contributed by atoms with Crippen LogP contribution in [-0.4, -0.2) is 43.1 Å². The average Bonchev–Trinajstić information content (AvgIpc) is 3.25. The molecule has 0 aliphatic heterocycles. The van der Waals surface area contributed by atoms with Gasteiger partial charge in [0.2, 0.25) is 0 Å². The number of sulfonamides is 1. The Kier molecular flexibility index (Phi) is 6.54. The molecular formula is C21H24N4O5S. The normalized spacial score (nSPS) is 11.8. The highest BCUT2D eigenvalue weighted by Gasteiger charge is 2.22. The molecule has 31 heavy (non-hydrogen) atoms. The van der Waals surface area contributed by atoms with E-state index in [2.05, 4.69) is 15.5 Å². The average molecular weight is 445 g/mol. The third-order valence-electron chi connectivity index (χ3n) is 4.71. The number of benzene rings is 2. The number of carbonyl (C=O) groups is 1. The van der Waals surface area contributed by atoms with Crippen molar-refractivity contribution >= 4 is 21.6 Å². The quantitative estimate of drug-likeness (QED) is 0.554. The molecule has 1 heterocycles. The number of carbonyl (C=O) groups excluding carboxylic acids is 1. The van der Waals surface area contributed by atoms with Crippen molar-refractivity contribution in [3.63, 3.8) is 0 Å². The van der Waals surface area contributed by atoms with E-state index in [0.29, 0.717) is 28.5 Å². The predicted molar refractivity (Wildman–Crippen MR) is 115 cm³/mol. The van der Waals surface area contributed by atoms with Gasteiger partial charge < -0.3 is 9.84 Å². The molecule has 3 rings (SSSR count). The molecule has 1 aromatic heterocycles. The van der Waals surface area contributed by atoms with Crippen LogP contribution in [0.2, 0.25) is 0 Å². The van der Waals surface area contributed by atoms with Crippen LogP contribution in [0, 0.1) is 6.92 Å². The fourth-order valence-corrected chi connectivity index (χ4v) is 3.77. The first-order chi connectivity index (χ1) is 14.6. The summed E-state index contributed by atoms with van der Waals surface area (Å²) in [6, 6.07) is 11.1. The van der Waals surface area contributed by atoms with Gasteiger partial charge in [-0.2, -0.15) is 4.98 Å². The first kappa shape index (κ1) is 22.6. The van der Waals surface area contributed by atoms with Crippen molar-refractivity contribution in [1.82, 2.24) is 14.6 Å². The number of aryl methyl sites for hydroxylation is 1. The second-order valence-electron chi connectivity index (χ2n) is 7.19. The van der Waals surface area contributed by atoms with Crippen LogP contribution < -0.4 is 5.32 Å². The lowest BCUT2D eigenvalue weighted by Crippen LogP contribution is -2.25. The Balaban J connectivity index is 1.89. The van der Waals surface area contributed by atoms with Crippen molar-refractivity contribution in [2.75, 3.05) is 19.5 Å². The minimum Gasteiger partial charge on any atom is -0.334 e. The Morgan fingerprint density at radius 1 is 1.16 bits per heavy atom. The van der Waals surface area contributed by atoms with Gasteiger partial charge in [0.05, 0.1) is 23.3 Å². The predicted octanol–water partition coefficient (Wildman–Crippen LogP) is 3.60. The van der Waals surface area contributed by atoms with Crippen LogP contribution in [0.25, 0.3) is 11.5 Å². The molecular weight excluding hydrogens is 420 g/mol. The lowest BCUT2D eigenvalue weighted by molar-refractivity contribution is -0.0258. The van der Waals surface area contributed by atoms with E-state index in [4.69, 9.17) is 9.36 Å². The molecule has 0 aliphatic carbocycles. The zero-order chi connectivity index (χ0) is 22.8. The lowest BCUT2D eigenvalue weighted by atomic mass is 10.1. The molecule has 10 heteroatoms. The molecule has 0 unspecified atom stereocenters. The minimum atomic E-state index is -3.79. The molecule has 0 fully saturated rings. The zero-order valence-corrected chi connectivity index (χ0v) is 18.7. The Bertz CT molecular complexity index is 1190. The first-order valence-corrected chi connectivity index (χ1v) is 11.0. The molecule has 0 saturated carbocycles. The van der Waals surface area contributed by atoms with Gasteiger partial charge in [0, 0.05) is 18.5 Å². The minimum absolute atomic E-state index is 0.0112. The highest BCUT2D eigenvalue weighted by Crippen LogP contribution is 2.31. The molecule has 0 radical (unpaired) electrons. The van der Waals surface area contributed by atoms with E-state index < -0.39 is 15.9 Å². The van der Waals surface area contributed by atoms with Crippen molar-refractivity contribution in [3.05, 3.63) is 59.4 Å². The van der Waals surface area contributed by atoms with Gasteiger partial charge in [-0.05, 0) is 42.8 Å². The van der Waals surface area contributed by atoms with E-state index in [0.717, 1.165) is 10.0 Å². The van der Waals surface area contributed by atoms with Crippen molar-refractivity contribution in [2.45, 2.75) is 31.6 Å². The summed E-state index contributed by atoms with van der Waals surface area (Å²) in [5, 5.41) is 6.86. The Labute approximate surface area is 181 Å². The summed E-state index contributed by atoms with van der Waals surface area (Å²) in [5.74, 6) is 0.592. The number of hydrogen-bond acceptors (Lipinski definition) is 7. The molecule has 9 nitrogen and oxygen atoms in total. The number of aromatic nitrogens is 2. The first-order valence-electron chi connectivity index (χ1n) is 9.53. The van der Waals surface area contributed by atoms with Gasteiger partial charge in [0.15, 0.2) is 5.82 Å². The monoisotopic (exact) mass is 444 g/mol. The Morgan fingerprint density at radius 3 is 2.42 bits per heavy atom. The lowest BCUT2D eigenvalue weighted by Gasteiger charge is -2.15. The van der Waals surface area contributed by atoms with E-state index in [1.54, 1.807) is 6.07 Å². The molecule has 0 atom stereocenters. The number of nitrogens with zero attached hydrogens (tertiary/aromatic N) is 3. The molecule has 0 spiro atoms. The second-order valence-corrected chi connectivity index (χ2v) is 9.12. The Morgan fingerprint density at radius 2 is 1.84 bits per heavy atom. The standard InChI is InChI=1S/C21H24N4O5S/c1-13(2)19-23-21(30-24-19)17-8-6-7-14(3)18(17)22-20(26)15-9-11-16(12-10-15)31(27,28)25(4)29-5/h6-13H,1-5H3,(H,22,26). The Hall–Kier alpha value is -3.08. The molecule has 0 saturated heterocycles. The molecule has 0 bridgehead atoms. The fourth-order valence-electron chi connectivity index (χ4n) is 2.80. The van der Waals surface area contributed by atoms with Crippen LogP contribution in [0.3, 0.4) is 0 Å². The fraction of sp³-hybridized carbons (Fsp3) is 0.286. The highest BCUT2D eigenvalue weighted by atomic mass is 32.2. The number of nitrogens with one attached hydrogen (secondary N) is 1. The number of hydroxylamine groups is 1. The summed E-state index contributed by atoms with van der Waals surface area (Å²) in [7, 11) is -1.25. The molecule has 164 valence electrons. The summed E-state index contributed by atoms with van der Waals surface area (Å²) in [5.41, 5.74) is 2.26. The van der Waals surface area contributed by atoms with Gasteiger partial charge in [0.1, 0.15) is 0 Å². The smallest absolute Gasteiger partial charge is 0.264 e. The molecule has 2 aromatic carbocycles. The maximum Gasteiger partial charge on any atom is 0.264 e. The maximum atomic E-state index is 12.9. The summed E-state index contributed by atoms with van der Waals surface area (Å²) >= 11 is 0. The number of amides is 1. The third kappa shape index (κ3) is 4.66. The molecule has 1 amide bonds. The van der Waals surface area contributed by atoms with Gasteiger partial charge in [-0.25, -0.2) is 8.42 Å². The molecule has 0 aliphatic rings. The third-order valence-corrected chi connectivity index (χ3v) is 6.40. The van der Waals surface area contributed by atoms with Gasteiger partial charge in [-0.15, -0.1) is 0 Å². The maximum absolute atomic E-state index is 12.9. The van der Waals surface area contributed by atoms with E-state index >= 15 is 0 Å². The number of para-hydroxylation sites is 1. The second kappa shape index (κ2) is 8.96. The van der Waals surface area contributed by atoms with Crippen LogP contribution in [-0.2, 0) is 14.9 Å². The summed E-state index contributed by atoms with van der Waals surface area (Å²) in [6.07, 6.45) is 0. The van der Waals surface area contributed by atoms with Crippen LogP contribution in [0.1, 0.15) is 41.5 Å². The van der Waals surface area contributed by atoms with Gasteiger partial charge in [0.25, 0.3) is 21.8 Å². The van der Waals surface area contributed by atoms with Crippen LogP contribution in [0.15, 0.2) is 51.9 Å². The molecule has 1 N–H and O–H groups in total. The van der Waals surface area contributed by atoms with Gasteiger partial charge >= 0.3 is 0 Å². The van der Waals surface area contributed by atoms with E-state index in [1.165, 1.54) is 38.4 Å². The largest absolute Gasteiger partial charge is 0.334 e. The highest BCUT2D eigenvalue weighted by molar-refractivity contribution is 7.89. The number of hydrogen-bond donors (Lipinski definition) is 1. The molecule has 3 aromatic rings. The summed E-state index contributed by atoms with van der Waals surface area (Å²) in [4.78, 5) is 22.0. The van der Waals surface area contributed by atoms with Crippen LogP contribution >= 0.6 is 0 Å². The zero-order valence-electron chi connectivity index (χ0n) is 17.9. The number of anilines is 1. The SMILES string of the molecule is CON(C)S(=O)(=O)c1ccc(C(=O)Nc2c(C)cccc2-c2nc(C(C)C)no2)cc1. The summed E-state index contributed by atoms with van der Waals surface area (Å²) < 4.78 is 30.8. The van der Waals surface area contributed by atoms with Crippen molar-refractivity contribution in [2.24, 2.45) is 0 Å². The van der Waals surface area contributed by atoms with Gasteiger partial charge in [-0.3, -0.25) is 9.63 Å². The topological polar surface area (TPSA) is 115 Å². The summed E-state index contributed by atoms with van der Waals surface area (Å²) in [6.45, 7) is 5.78. The van der Waals surface area contributed by atoms with Crippen molar-refractivity contribution in [1.29, 1.82) is 0 Å². The van der Waals surface area contributed by atoms with E-state index in [-0.39, 0.29) is 10.8 Å². The van der Waals surface area contributed by atoms with Crippen LogP contribution in [0.5, 0.6) is 0 Å². The van der Waals surface area contributed by atoms with E-state index in [9.17, 15) is 13.2 Å².